The van der Waals surface area contributed by atoms with Crippen molar-refractivity contribution in [2.24, 2.45) is 0 Å². The highest BCUT2D eigenvalue weighted by atomic mass is 32.2. The molecular formula is C39H49N5O6S. The van der Waals surface area contributed by atoms with Gasteiger partial charge in [0.05, 0.1) is 30.5 Å². The number of likely N-dealkylation sites (tertiary alicyclic amines) is 1. The summed E-state index contributed by atoms with van der Waals surface area (Å²) < 4.78 is 44.4. The van der Waals surface area contributed by atoms with E-state index >= 15 is 4.79 Å². The summed E-state index contributed by atoms with van der Waals surface area (Å²) in [7, 11) is -0.270. The van der Waals surface area contributed by atoms with Crippen LogP contribution in [0.4, 0.5) is 0 Å². The van der Waals surface area contributed by atoms with Crippen molar-refractivity contribution in [3.63, 3.8) is 0 Å². The molecule has 272 valence electrons. The van der Waals surface area contributed by atoms with Crippen LogP contribution >= 0.6 is 0 Å². The summed E-state index contributed by atoms with van der Waals surface area (Å²) in [6.07, 6.45) is 7.81. The van der Waals surface area contributed by atoms with Gasteiger partial charge in [-0.3, -0.25) is 9.59 Å². The summed E-state index contributed by atoms with van der Waals surface area (Å²) >= 11 is 0. The highest BCUT2D eigenvalue weighted by Crippen LogP contribution is 2.67. The lowest BCUT2D eigenvalue weighted by Gasteiger charge is -2.43. The number of nitrogens with zero attached hydrogens (tertiary/aromatic N) is 4. The molecular weight excluding hydrogens is 667 g/mol. The van der Waals surface area contributed by atoms with Gasteiger partial charge in [-0.15, -0.1) is 0 Å². The predicted octanol–water partition coefficient (Wildman–Crippen LogP) is 4.95. The summed E-state index contributed by atoms with van der Waals surface area (Å²) in [6.45, 7) is 5.76. The summed E-state index contributed by atoms with van der Waals surface area (Å²) in [6, 6.07) is 12.3. The lowest BCUT2D eigenvalue weighted by atomic mass is 9.80. The van der Waals surface area contributed by atoms with Crippen molar-refractivity contribution in [2.75, 3.05) is 40.3 Å². The summed E-state index contributed by atoms with van der Waals surface area (Å²) in [4.78, 5) is 33.8. The summed E-state index contributed by atoms with van der Waals surface area (Å²) in [5.74, 6) is 0.585. The molecule has 6 aliphatic rings. The molecule has 2 bridgehead atoms. The molecule has 9 rings (SSSR count). The second-order valence-corrected chi connectivity index (χ2v) is 17.8. The van der Waals surface area contributed by atoms with Gasteiger partial charge in [-0.25, -0.2) is 4.72 Å². The minimum atomic E-state index is -4.11. The maximum atomic E-state index is 15.4. The van der Waals surface area contributed by atoms with Crippen LogP contribution in [0.2, 0.25) is 0 Å². The number of carbonyl (C=O) groups excluding carboxylic acids is 2. The number of carbonyl (C=O) groups is 2. The molecule has 0 radical (unpaired) electrons. The third kappa shape index (κ3) is 5.18. The monoisotopic (exact) mass is 715 g/mol. The minimum absolute atomic E-state index is 0.0281. The molecule has 5 fully saturated rings. The minimum Gasteiger partial charge on any atom is -0.497 e. The van der Waals surface area contributed by atoms with E-state index in [-0.39, 0.29) is 54.8 Å². The van der Waals surface area contributed by atoms with Crippen molar-refractivity contribution in [1.29, 1.82) is 0 Å². The second kappa shape index (κ2) is 12.0. The Morgan fingerprint density at radius 1 is 0.922 bits per heavy atom. The van der Waals surface area contributed by atoms with Crippen LogP contribution in [0, 0.1) is 0 Å². The molecule has 51 heavy (non-hydrogen) atoms. The van der Waals surface area contributed by atoms with E-state index in [9.17, 15) is 13.2 Å². The highest BCUT2D eigenvalue weighted by Gasteiger charge is 2.68. The van der Waals surface area contributed by atoms with Crippen molar-refractivity contribution in [1.82, 2.24) is 23.4 Å². The Morgan fingerprint density at radius 3 is 2.31 bits per heavy atom. The number of ether oxygens (including phenoxy) is 2. The second-order valence-electron chi connectivity index (χ2n) is 16.1. The van der Waals surface area contributed by atoms with Gasteiger partial charge >= 0.3 is 10.2 Å². The standard InChI is InChI=1S/C39H49N5O6S/c1-23-19-42(20-24(2)50-23)51(47,48)40-37(45)26-10-14-31-34(16-26)44-36(35(31)25-8-6-5-7-9-25)30-15-13-29(49-4)17-32(30)33-18-39(33,44)38(46)43-27-11-12-28(43)22-41(3)21-27/h10,13-17,23-25,27-28,33H,5-9,11-12,18-22H2,1-4H3,(H,40,45)/t23-,24+,27?,28?,33?,39?. The molecule has 11 nitrogen and oxygen atoms in total. The van der Waals surface area contributed by atoms with Gasteiger partial charge in [0.25, 0.3) is 5.91 Å². The van der Waals surface area contributed by atoms with E-state index in [1.54, 1.807) is 13.2 Å². The number of piperazine rings is 1. The van der Waals surface area contributed by atoms with Gasteiger partial charge in [-0.2, -0.15) is 12.7 Å². The zero-order chi connectivity index (χ0) is 35.4. The molecule has 1 aromatic heterocycles. The first-order valence-corrected chi connectivity index (χ1v) is 20.3. The van der Waals surface area contributed by atoms with Crippen molar-refractivity contribution in [2.45, 2.75) is 107 Å². The average molecular weight is 716 g/mol. The number of benzene rings is 2. The third-order valence-electron chi connectivity index (χ3n) is 12.7. The Morgan fingerprint density at radius 2 is 1.63 bits per heavy atom. The maximum Gasteiger partial charge on any atom is 0.304 e. The van der Waals surface area contributed by atoms with E-state index in [0.29, 0.717) is 12.3 Å². The number of fused-ring (bicyclic) bond motifs is 10. The van der Waals surface area contributed by atoms with Crippen LogP contribution in [-0.4, -0.2) is 104 Å². The van der Waals surface area contributed by atoms with Crippen LogP contribution < -0.4 is 9.46 Å². The van der Waals surface area contributed by atoms with Crippen LogP contribution in [-0.2, 0) is 25.3 Å². The molecule has 2 saturated carbocycles. The Balaban J connectivity index is 1.21. The van der Waals surface area contributed by atoms with E-state index in [1.165, 1.54) is 16.3 Å². The number of aromatic nitrogens is 1. The number of hydrogen-bond acceptors (Lipinski definition) is 7. The first-order chi connectivity index (χ1) is 24.5. The molecule has 1 N–H and O–H groups in total. The van der Waals surface area contributed by atoms with Crippen LogP contribution in [0.15, 0.2) is 36.4 Å². The number of nitrogens with one attached hydrogen (secondary N) is 1. The zero-order valence-electron chi connectivity index (χ0n) is 30.1. The topological polar surface area (TPSA) is 113 Å². The fraction of sp³-hybridized carbons (Fsp3) is 0.590. The number of amides is 2. The molecule has 2 amide bonds. The van der Waals surface area contributed by atoms with E-state index in [4.69, 9.17) is 9.47 Å². The van der Waals surface area contributed by atoms with Gasteiger partial charge in [0, 0.05) is 60.7 Å². The van der Waals surface area contributed by atoms with Crippen molar-refractivity contribution < 1.29 is 27.5 Å². The fourth-order valence-electron chi connectivity index (χ4n) is 10.5. The van der Waals surface area contributed by atoms with E-state index in [0.717, 1.165) is 85.1 Å². The Kier molecular flexibility index (Phi) is 7.89. The molecule has 4 unspecified atom stereocenters. The Bertz CT molecular complexity index is 2020. The van der Waals surface area contributed by atoms with Crippen molar-refractivity contribution in [3.8, 4) is 17.0 Å². The molecule has 6 atom stereocenters. The molecule has 2 aromatic carbocycles. The van der Waals surface area contributed by atoms with E-state index < -0.39 is 21.7 Å². The van der Waals surface area contributed by atoms with Crippen LogP contribution in [0.1, 0.15) is 98.5 Å². The third-order valence-corrected chi connectivity index (χ3v) is 14.1. The SMILES string of the molecule is COc1ccc2c(c1)C1CC1(C(=O)N1C3CCC1CN(C)C3)n1c-2c(C2CCCCC2)c2ccc(C(=O)NS(=O)(=O)N3C[C@@H](C)O[C@@H](C)C3)cc21. The van der Waals surface area contributed by atoms with Crippen molar-refractivity contribution in [3.05, 3.63) is 53.1 Å². The van der Waals surface area contributed by atoms with Gasteiger partial charge in [0.1, 0.15) is 11.3 Å². The van der Waals surface area contributed by atoms with E-state index in [2.05, 4.69) is 38.3 Å². The van der Waals surface area contributed by atoms with E-state index in [1.807, 2.05) is 32.0 Å². The zero-order valence-corrected chi connectivity index (χ0v) is 30.9. The predicted molar refractivity (Wildman–Crippen MR) is 194 cm³/mol. The fourth-order valence-corrected chi connectivity index (χ4v) is 11.8. The number of rotatable bonds is 6. The van der Waals surface area contributed by atoms with Crippen molar-refractivity contribution >= 4 is 32.9 Å². The number of likely N-dealkylation sites (N-methyl/N-ethyl adjacent to an activating group) is 1. The number of methoxy groups -OCH3 is 1. The first-order valence-electron chi connectivity index (χ1n) is 18.9. The average Bonchev–Trinajstić information content (AvgIpc) is 3.69. The first kappa shape index (κ1) is 33.4. The van der Waals surface area contributed by atoms with Crippen LogP contribution in [0.5, 0.6) is 5.75 Å². The van der Waals surface area contributed by atoms with Gasteiger partial charge in [-0.1, -0.05) is 25.3 Å². The van der Waals surface area contributed by atoms with Gasteiger partial charge < -0.3 is 23.8 Å². The number of morpholine rings is 1. The lowest BCUT2D eigenvalue weighted by molar-refractivity contribution is -0.142. The molecule has 5 heterocycles. The molecule has 2 aliphatic carbocycles. The van der Waals surface area contributed by atoms with Crippen LogP contribution in [0.25, 0.3) is 22.2 Å². The molecule has 3 aromatic rings. The molecule has 0 spiro atoms. The normalized spacial score (nSPS) is 30.8. The van der Waals surface area contributed by atoms with Crippen LogP contribution in [0.3, 0.4) is 0 Å². The van der Waals surface area contributed by atoms with Gasteiger partial charge in [0.2, 0.25) is 5.91 Å². The van der Waals surface area contributed by atoms with Gasteiger partial charge in [0.15, 0.2) is 0 Å². The Labute approximate surface area is 300 Å². The Hall–Kier alpha value is -3.45. The lowest BCUT2D eigenvalue weighted by Crippen LogP contribution is -2.58. The smallest absolute Gasteiger partial charge is 0.304 e. The molecule has 12 heteroatoms. The number of hydrogen-bond donors (Lipinski definition) is 1. The summed E-state index contributed by atoms with van der Waals surface area (Å²) in [5.41, 5.74) is 4.90. The summed E-state index contributed by atoms with van der Waals surface area (Å²) in [5, 5.41) is 1.05. The largest absolute Gasteiger partial charge is 0.497 e. The quantitative estimate of drug-likeness (QED) is 0.385. The molecule has 4 aliphatic heterocycles. The maximum absolute atomic E-state index is 15.4. The van der Waals surface area contributed by atoms with Gasteiger partial charge in [-0.05, 0) is 100 Å². The molecule has 3 saturated heterocycles. The highest BCUT2D eigenvalue weighted by molar-refractivity contribution is 7.87.